The van der Waals surface area contributed by atoms with Crippen molar-refractivity contribution in [2.24, 2.45) is 7.05 Å². The quantitative estimate of drug-likeness (QED) is 0.608. The number of ether oxygens (including phenoxy) is 2. The fourth-order valence-electron chi connectivity index (χ4n) is 3.79. The summed E-state index contributed by atoms with van der Waals surface area (Å²) in [5.41, 5.74) is 1.94. The van der Waals surface area contributed by atoms with Gasteiger partial charge in [-0.15, -0.1) is 0 Å². The van der Waals surface area contributed by atoms with E-state index in [1.54, 1.807) is 18.8 Å². The molecule has 1 atom stereocenters. The topological polar surface area (TPSA) is 91.0 Å². The predicted octanol–water partition coefficient (Wildman–Crippen LogP) is 2.73. The SMILES string of the molecule is Cn1c(=O)oc2ccc(S(=O)(=O)N3CCSC(c4ccc5c(c4)OCO5)CC3)cc21. The molecule has 10 heteroatoms. The highest BCUT2D eigenvalue weighted by Gasteiger charge is 2.29. The molecule has 8 nitrogen and oxygen atoms in total. The Labute approximate surface area is 177 Å². The molecule has 1 fully saturated rings. The van der Waals surface area contributed by atoms with E-state index < -0.39 is 15.8 Å². The van der Waals surface area contributed by atoms with E-state index in [9.17, 15) is 13.2 Å². The van der Waals surface area contributed by atoms with E-state index in [4.69, 9.17) is 13.9 Å². The number of aryl methyl sites for hydroxylation is 1. The molecule has 1 saturated heterocycles. The van der Waals surface area contributed by atoms with E-state index in [1.807, 2.05) is 18.2 Å². The van der Waals surface area contributed by atoms with Gasteiger partial charge in [0.2, 0.25) is 16.8 Å². The van der Waals surface area contributed by atoms with Gasteiger partial charge in [0.25, 0.3) is 0 Å². The monoisotopic (exact) mass is 448 g/mol. The first kappa shape index (κ1) is 19.5. The molecule has 5 rings (SSSR count). The lowest BCUT2D eigenvalue weighted by Crippen LogP contribution is -2.33. The third-order valence-corrected chi connectivity index (χ3v) is 8.69. The lowest BCUT2D eigenvalue weighted by molar-refractivity contribution is 0.174. The molecule has 2 aliphatic rings. The first-order chi connectivity index (χ1) is 14.4. The molecule has 158 valence electrons. The molecule has 3 aromatic rings. The number of aromatic nitrogens is 1. The van der Waals surface area contributed by atoms with Gasteiger partial charge in [0.15, 0.2) is 17.1 Å². The highest BCUT2D eigenvalue weighted by molar-refractivity contribution is 7.99. The first-order valence-electron chi connectivity index (χ1n) is 9.54. The molecular formula is C20H20N2O6S2. The van der Waals surface area contributed by atoms with E-state index in [-0.39, 0.29) is 16.9 Å². The summed E-state index contributed by atoms with van der Waals surface area (Å²) in [5, 5.41) is 0.178. The summed E-state index contributed by atoms with van der Waals surface area (Å²) in [4.78, 5) is 11.9. The van der Waals surface area contributed by atoms with E-state index in [2.05, 4.69) is 0 Å². The fraction of sp³-hybridized carbons (Fsp3) is 0.350. The van der Waals surface area contributed by atoms with Crippen LogP contribution in [0.4, 0.5) is 0 Å². The van der Waals surface area contributed by atoms with Crippen molar-refractivity contribution in [1.82, 2.24) is 8.87 Å². The van der Waals surface area contributed by atoms with Crippen LogP contribution in [0.15, 0.2) is 50.5 Å². The van der Waals surface area contributed by atoms with Gasteiger partial charge in [-0.2, -0.15) is 16.1 Å². The van der Waals surface area contributed by atoms with Crippen LogP contribution in [0.3, 0.4) is 0 Å². The summed E-state index contributed by atoms with van der Waals surface area (Å²) >= 11 is 1.74. The molecule has 0 amide bonds. The lowest BCUT2D eigenvalue weighted by atomic mass is 10.1. The van der Waals surface area contributed by atoms with Crippen LogP contribution < -0.4 is 15.2 Å². The first-order valence-corrected chi connectivity index (χ1v) is 12.0. The second kappa shape index (κ2) is 7.36. The molecule has 30 heavy (non-hydrogen) atoms. The molecule has 0 bridgehead atoms. The molecule has 0 N–H and O–H groups in total. The normalized spacial score (nSPS) is 19.8. The molecule has 2 aliphatic heterocycles. The number of rotatable bonds is 3. The average Bonchev–Trinajstić information content (AvgIpc) is 3.21. The van der Waals surface area contributed by atoms with E-state index in [1.165, 1.54) is 27.1 Å². The van der Waals surface area contributed by atoms with Crippen molar-refractivity contribution in [3.05, 3.63) is 52.5 Å². The summed E-state index contributed by atoms with van der Waals surface area (Å²) in [6.45, 7) is 1.07. The zero-order chi connectivity index (χ0) is 20.9. The van der Waals surface area contributed by atoms with Gasteiger partial charge >= 0.3 is 5.76 Å². The Hall–Kier alpha value is -2.43. The number of thioether (sulfide) groups is 1. The minimum Gasteiger partial charge on any atom is -0.454 e. The Morgan fingerprint density at radius 1 is 1.07 bits per heavy atom. The molecule has 3 heterocycles. The Morgan fingerprint density at radius 2 is 1.90 bits per heavy atom. The van der Waals surface area contributed by atoms with Crippen LogP contribution in [0.1, 0.15) is 17.2 Å². The van der Waals surface area contributed by atoms with Crippen LogP contribution in [0.2, 0.25) is 0 Å². The van der Waals surface area contributed by atoms with Crippen molar-refractivity contribution < 1.29 is 22.3 Å². The van der Waals surface area contributed by atoms with Gasteiger partial charge in [-0.25, -0.2) is 13.2 Å². The lowest BCUT2D eigenvalue weighted by Gasteiger charge is -2.20. The zero-order valence-electron chi connectivity index (χ0n) is 16.2. The predicted molar refractivity (Wildman–Crippen MR) is 113 cm³/mol. The Morgan fingerprint density at radius 3 is 2.77 bits per heavy atom. The van der Waals surface area contributed by atoms with E-state index >= 15 is 0 Å². The van der Waals surface area contributed by atoms with Gasteiger partial charge in [0.05, 0.1) is 10.4 Å². The number of oxazole rings is 1. The summed E-state index contributed by atoms with van der Waals surface area (Å²) < 4.78 is 45.3. The highest BCUT2D eigenvalue weighted by Crippen LogP contribution is 2.40. The van der Waals surface area contributed by atoms with E-state index in [0.717, 1.165) is 17.1 Å². The molecule has 0 radical (unpaired) electrons. The molecule has 0 aliphatic carbocycles. The van der Waals surface area contributed by atoms with Crippen molar-refractivity contribution in [3.8, 4) is 11.5 Å². The van der Waals surface area contributed by atoms with Gasteiger partial charge in [-0.3, -0.25) is 4.57 Å². The van der Waals surface area contributed by atoms with Crippen molar-refractivity contribution in [1.29, 1.82) is 0 Å². The average molecular weight is 449 g/mol. The number of hydrogen-bond donors (Lipinski definition) is 0. The largest absolute Gasteiger partial charge is 0.454 e. The number of benzene rings is 2. The number of hydrogen-bond acceptors (Lipinski definition) is 7. The smallest absolute Gasteiger partial charge is 0.419 e. The molecule has 1 aromatic heterocycles. The molecule has 1 unspecified atom stereocenters. The third kappa shape index (κ3) is 3.28. The van der Waals surface area contributed by atoms with Crippen LogP contribution in [0, 0.1) is 0 Å². The minimum absolute atomic E-state index is 0.165. The Balaban J connectivity index is 1.38. The summed E-state index contributed by atoms with van der Waals surface area (Å²) in [6, 6.07) is 10.4. The second-order valence-corrected chi connectivity index (χ2v) is 10.5. The van der Waals surface area contributed by atoms with Crippen LogP contribution in [-0.4, -0.2) is 42.9 Å². The summed E-state index contributed by atoms with van der Waals surface area (Å²) in [6.07, 6.45) is 0.690. The number of sulfonamides is 1. The molecule has 2 aromatic carbocycles. The van der Waals surface area contributed by atoms with Gasteiger partial charge in [0, 0.05) is 31.1 Å². The number of fused-ring (bicyclic) bond motifs is 2. The van der Waals surface area contributed by atoms with Crippen LogP contribution in [0.25, 0.3) is 11.1 Å². The Bertz CT molecular complexity index is 1280. The van der Waals surface area contributed by atoms with Gasteiger partial charge in [-0.1, -0.05) is 6.07 Å². The van der Waals surface area contributed by atoms with Crippen molar-refractivity contribution >= 4 is 32.9 Å². The molecule has 0 spiro atoms. The van der Waals surface area contributed by atoms with Crippen LogP contribution in [-0.2, 0) is 17.1 Å². The second-order valence-electron chi connectivity index (χ2n) is 7.22. The fourth-order valence-corrected chi connectivity index (χ4v) is 6.60. The maximum absolute atomic E-state index is 13.3. The summed E-state index contributed by atoms with van der Waals surface area (Å²) in [7, 11) is -2.12. The van der Waals surface area contributed by atoms with Gasteiger partial charge in [-0.05, 0) is 42.3 Å². The van der Waals surface area contributed by atoms with Crippen LogP contribution >= 0.6 is 11.8 Å². The van der Waals surface area contributed by atoms with Crippen molar-refractivity contribution in [3.63, 3.8) is 0 Å². The minimum atomic E-state index is -3.68. The van der Waals surface area contributed by atoms with Crippen molar-refractivity contribution in [2.45, 2.75) is 16.6 Å². The van der Waals surface area contributed by atoms with E-state index in [0.29, 0.717) is 36.4 Å². The molecule has 0 saturated carbocycles. The third-order valence-electron chi connectivity index (χ3n) is 5.47. The highest BCUT2D eigenvalue weighted by atomic mass is 32.2. The van der Waals surface area contributed by atoms with Crippen molar-refractivity contribution in [2.75, 3.05) is 25.6 Å². The summed E-state index contributed by atoms with van der Waals surface area (Å²) in [5.74, 6) is 1.65. The maximum atomic E-state index is 13.3. The maximum Gasteiger partial charge on any atom is 0.419 e. The zero-order valence-corrected chi connectivity index (χ0v) is 17.9. The molecular weight excluding hydrogens is 428 g/mol. The van der Waals surface area contributed by atoms with Gasteiger partial charge in [0.1, 0.15) is 0 Å². The number of nitrogens with zero attached hydrogens (tertiary/aromatic N) is 2. The Kier molecular flexibility index (Phi) is 4.79. The van der Waals surface area contributed by atoms with Crippen LogP contribution in [0.5, 0.6) is 11.5 Å². The standard InChI is InChI=1S/C20H20N2O6S2/c1-21-15-11-14(3-5-16(15)28-20(21)23)30(24,25)22-7-6-19(29-9-8-22)13-2-4-17-18(10-13)27-12-26-17/h2-5,10-11,19H,6-9,12H2,1H3. The van der Waals surface area contributed by atoms with Gasteiger partial charge < -0.3 is 13.9 Å².